The molecule has 1 N–H and O–H groups in total. The van der Waals surface area contributed by atoms with Gasteiger partial charge >= 0.3 is 0 Å². The topological polar surface area (TPSA) is 51.4 Å². The average Bonchev–Trinajstić information content (AvgIpc) is 2.88. The third kappa shape index (κ3) is 1.79. The van der Waals surface area contributed by atoms with Gasteiger partial charge in [-0.25, -0.2) is 0 Å². The van der Waals surface area contributed by atoms with Crippen LogP contribution in [-0.2, 0) is 7.05 Å². The SMILES string of the molecule is Cc1nn(C)c2c1[nH]c(=S)n2C(C)c1ccncc1. The Kier molecular flexibility index (Phi) is 2.74. The average molecular weight is 273 g/mol. The van der Waals surface area contributed by atoms with Crippen molar-refractivity contribution in [3.05, 3.63) is 40.6 Å². The number of aromatic amines is 1. The number of imidazole rings is 1. The first-order valence-electron chi connectivity index (χ1n) is 6.13. The van der Waals surface area contributed by atoms with Crippen LogP contribution in [0.5, 0.6) is 0 Å². The predicted octanol–water partition coefficient (Wildman–Crippen LogP) is 2.75. The lowest BCUT2D eigenvalue weighted by Crippen LogP contribution is -2.09. The Hall–Kier alpha value is -1.95. The van der Waals surface area contributed by atoms with Gasteiger partial charge in [0, 0.05) is 19.4 Å². The molecule has 0 radical (unpaired) electrons. The summed E-state index contributed by atoms with van der Waals surface area (Å²) in [6, 6.07) is 4.15. The van der Waals surface area contributed by atoms with Gasteiger partial charge in [0.25, 0.3) is 0 Å². The molecule has 3 aromatic heterocycles. The second-order valence-electron chi connectivity index (χ2n) is 4.66. The molecule has 1 unspecified atom stereocenters. The van der Waals surface area contributed by atoms with Crippen molar-refractivity contribution >= 4 is 23.4 Å². The highest BCUT2D eigenvalue weighted by molar-refractivity contribution is 7.71. The molecule has 6 heteroatoms. The molecule has 19 heavy (non-hydrogen) atoms. The Bertz CT molecular complexity index is 781. The highest BCUT2D eigenvalue weighted by atomic mass is 32.1. The minimum Gasteiger partial charge on any atom is -0.328 e. The standard InChI is InChI=1S/C13H15N5S/c1-8-11-12(17(3)16-8)18(13(19)15-11)9(2)10-4-6-14-7-5-10/h4-7,9H,1-3H3,(H,15,19). The van der Waals surface area contributed by atoms with E-state index < -0.39 is 0 Å². The molecule has 3 heterocycles. The van der Waals surface area contributed by atoms with Crippen molar-refractivity contribution in [2.45, 2.75) is 19.9 Å². The number of aromatic nitrogens is 5. The Labute approximate surface area is 115 Å². The van der Waals surface area contributed by atoms with Crippen LogP contribution < -0.4 is 0 Å². The molecule has 3 aromatic rings. The number of rotatable bonds is 2. The molecule has 0 saturated carbocycles. The summed E-state index contributed by atoms with van der Waals surface area (Å²) in [4.78, 5) is 7.30. The van der Waals surface area contributed by atoms with Gasteiger partial charge in [-0.15, -0.1) is 0 Å². The van der Waals surface area contributed by atoms with E-state index in [1.807, 2.05) is 30.8 Å². The van der Waals surface area contributed by atoms with Crippen molar-refractivity contribution in [3.63, 3.8) is 0 Å². The molecule has 0 saturated heterocycles. The fraction of sp³-hybridized carbons (Fsp3) is 0.308. The van der Waals surface area contributed by atoms with Crippen LogP contribution in [0.15, 0.2) is 24.5 Å². The van der Waals surface area contributed by atoms with Gasteiger partial charge in [0.2, 0.25) is 0 Å². The summed E-state index contributed by atoms with van der Waals surface area (Å²) < 4.78 is 4.68. The van der Waals surface area contributed by atoms with Crippen LogP contribution in [0, 0.1) is 11.7 Å². The quantitative estimate of drug-likeness (QED) is 0.730. The third-order valence-electron chi connectivity index (χ3n) is 3.45. The molecule has 5 nitrogen and oxygen atoms in total. The van der Waals surface area contributed by atoms with Gasteiger partial charge < -0.3 is 4.98 Å². The number of aryl methyl sites for hydroxylation is 2. The molecule has 0 spiro atoms. The number of fused-ring (bicyclic) bond motifs is 1. The summed E-state index contributed by atoms with van der Waals surface area (Å²) in [5.41, 5.74) is 4.16. The van der Waals surface area contributed by atoms with Crippen LogP contribution >= 0.6 is 12.2 Å². The maximum Gasteiger partial charge on any atom is 0.179 e. The third-order valence-corrected chi connectivity index (χ3v) is 3.75. The minimum absolute atomic E-state index is 0.138. The van der Waals surface area contributed by atoms with Gasteiger partial charge in [-0.1, -0.05) is 0 Å². The highest BCUT2D eigenvalue weighted by Crippen LogP contribution is 2.25. The van der Waals surface area contributed by atoms with Crippen molar-refractivity contribution in [2.24, 2.45) is 7.05 Å². The lowest BCUT2D eigenvalue weighted by Gasteiger charge is -2.14. The molecule has 98 valence electrons. The maximum absolute atomic E-state index is 5.45. The molecule has 0 amide bonds. The van der Waals surface area contributed by atoms with Crippen LogP contribution in [0.2, 0.25) is 0 Å². The smallest absolute Gasteiger partial charge is 0.179 e. The van der Waals surface area contributed by atoms with Crippen molar-refractivity contribution < 1.29 is 0 Å². The van der Waals surface area contributed by atoms with E-state index in [-0.39, 0.29) is 6.04 Å². The zero-order valence-corrected chi connectivity index (χ0v) is 11.9. The highest BCUT2D eigenvalue weighted by Gasteiger charge is 2.17. The number of H-pyrrole nitrogens is 1. The van der Waals surface area contributed by atoms with E-state index in [0.717, 1.165) is 21.6 Å². The van der Waals surface area contributed by atoms with E-state index in [1.54, 1.807) is 12.4 Å². The van der Waals surface area contributed by atoms with E-state index >= 15 is 0 Å². The predicted molar refractivity (Wildman–Crippen MR) is 76.7 cm³/mol. The van der Waals surface area contributed by atoms with Crippen molar-refractivity contribution in [1.82, 2.24) is 24.3 Å². The lowest BCUT2D eigenvalue weighted by molar-refractivity contribution is 0.620. The Morgan fingerprint density at radius 2 is 2.00 bits per heavy atom. The van der Waals surface area contributed by atoms with Gasteiger partial charge in [-0.05, 0) is 43.8 Å². The molecular weight excluding hydrogens is 258 g/mol. The van der Waals surface area contributed by atoms with Gasteiger partial charge in [0.15, 0.2) is 10.4 Å². The zero-order valence-electron chi connectivity index (χ0n) is 11.1. The number of nitrogens with zero attached hydrogens (tertiary/aromatic N) is 4. The molecule has 3 rings (SSSR count). The Morgan fingerprint density at radius 1 is 1.32 bits per heavy atom. The molecule has 0 aliphatic carbocycles. The second kappa shape index (κ2) is 4.31. The summed E-state index contributed by atoms with van der Waals surface area (Å²) in [6.07, 6.45) is 3.60. The van der Waals surface area contributed by atoms with Crippen LogP contribution in [0.4, 0.5) is 0 Å². The van der Waals surface area contributed by atoms with E-state index in [9.17, 15) is 0 Å². The minimum atomic E-state index is 0.138. The fourth-order valence-electron chi connectivity index (χ4n) is 2.48. The normalized spacial score (nSPS) is 13.0. The Morgan fingerprint density at radius 3 is 2.68 bits per heavy atom. The van der Waals surface area contributed by atoms with Gasteiger partial charge in [-0.3, -0.25) is 14.2 Å². The molecule has 0 bridgehead atoms. The summed E-state index contributed by atoms with van der Waals surface area (Å²) >= 11 is 5.45. The first kappa shape index (κ1) is 12.1. The first-order chi connectivity index (χ1) is 9.09. The van der Waals surface area contributed by atoms with Crippen molar-refractivity contribution in [1.29, 1.82) is 0 Å². The molecule has 0 aliphatic heterocycles. The molecular formula is C13H15N5S. The summed E-state index contributed by atoms with van der Waals surface area (Å²) in [6.45, 7) is 4.11. The molecule has 1 atom stereocenters. The zero-order chi connectivity index (χ0) is 13.6. The van der Waals surface area contributed by atoms with Crippen LogP contribution in [0.1, 0.15) is 24.2 Å². The van der Waals surface area contributed by atoms with Crippen LogP contribution in [-0.4, -0.2) is 24.3 Å². The summed E-state index contributed by atoms with van der Waals surface area (Å²) in [5.74, 6) is 0. The summed E-state index contributed by atoms with van der Waals surface area (Å²) in [5, 5.41) is 4.43. The molecule has 0 aliphatic rings. The van der Waals surface area contributed by atoms with E-state index in [2.05, 4.69) is 26.6 Å². The number of hydrogen-bond donors (Lipinski definition) is 1. The fourth-order valence-corrected chi connectivity index (χ4v) is 2.83. The molecule has 0 fully saturated rings. The van der Waals surface area contributed by atoms with Gasteiger partial charge in [-0.2, -0.15) is 5.10 Å². The lowest BCUT2D eigenvalue weighted by atomic mass is 10.1. The maximum atomic E-state index is 5.45. The van der Waals surface area contributed by atoms with Gasteiger partial charge in [0.05, 0.1) is 11.7 Å². The van der Waals surface area contributed by atoms with E-state index in [1.165, 1.54) is 5.56 Å². The first-order valence-corrected chi connectivity index (χ1v) is 6.54. The van der Waals surface area contributed by atoms with Gasteiger partial charge in [0.1, 0.15) is 5.52 Å². The van der Waals surface area contributed by atoms with Crippen molar-refractivity contribution in [3.8, 4) is 0 Å². The van der Waals surface area contributed by atoms with Crippen molar-refractivity contribution in [2.75, 3.05) is 0 Å². The largest absolute Gasteiger partial charge is 0.328 e. The number of nitrogens with one attached hydrogen (secondary N) is 1. The number of pyridine rings is 1. The number of hydrogen-bond acceptors (Lipinski definition) is 3. The van der Waals surface area contributed by atoms with Crippen LogP contribution in [0.25, 0.3) is 11.2 Å². The second-order valence-corrected chi connectivity index (χ2v) is 5.05. The van der Waals surface area contributed by atoms with E-state index in [4.69, 9.17) is 12.2 Å². The Balaban J connectivity index is 2.25. The van der Waals surface area contributed by atoms with E-state index in [0.29, 0.717) is 0 Å². The monoisotopic (exact) mass is 273 g/mol. The summed E-state index contributed by atoms with van der Waals surface area (Å²) in [7, 11) is 1.94. The molecule has 0 aromatic carbocycles. The van der Waals surface area contributed by atoms with Crippen LogP contribution in [0.3, 0.4) is 0 Å².